The summed E-state index contributed by atoms with van der Waals surface area (Å²) >= 11 is 0. The number of halogens is 2. The van der Waals surface area contributed by atoms with Crippen LogP contribution in [-0.2, 0) is 14.3 Å². The van der Waals surface area contributed by atoms with Gasteiger partial charge in [0.1, 0.15) is 11.6 Å². The standard InChI is InChI=1S/C11H8F2O4/c1-17-11(16)10(15)5-9(14)7-3-2-6(12)4-8(7)13/h2-4H,5H2,1H3. The molecule has 0 heterocycles. The number of hydrogen-bond donors (Lipinski definition) is 0. The van der Waals surface area contributed by atoms with Gasteiger partial charge in [0.15, 0.2) is 5.78 Å². The Bertz CT molecular complexity index is 482. The molecule has 1 aromatic rings. The normalized spacial score (nSPS) is 9.82. The first-order chi connectivity index (χ1) is 7.95. The fourth-order valence-electron chi connectivity index (χ4n) is 1.14. The van der Waals surface area contributed by atoms with Crippen LogP contribution in [0.4, 0.5) is 8.78 Å². The van der Waals surface area contributed by atoms with E-state index in [0.29, 0.717) is 6.07 Å². The van der Waals surface area contributed by atoms with Crippen molar-refractivity contribution in [2.75, 3.05) is 7.11 Å². The lowest BCUT2D eigenvalue weighted by Crippen LogP contribution is -2.19. The van der Waals surface area contributed by atoms with Crippen LogP contribution in [0, 0.1) is 11.6 Å². The van der Waals surface area contributed by atoms with Crippen molar-refractivity contribution < 1.29 is 27.9 Å². The highest BCUT2D eigenvalue weighted by Crippen LogP contribution is 2.12. The molecule has 0 saturated carbocycles. The van der Waals surface area contributed by atoms with Crippen molar-refractivity contribution in [3.05, 3.63) is 35.4 Å². The molecular weight excluding hydrogens is 234 g/mol. The van der Waals surface area contributed by atoms with E-state index in [1.54, 1.807) is 0 Å². The number of ether oxygens (including phenoxy) is 1. The number of carbonyl (C=O) groups is 3. The van der Waals surface area contributed by atoms with Gasteiger partial charge < -0.3 is 4.74 Å². The molecule has 0 atom stereocenters. The molecule has 4 nitrogen and oxygen atoms in total. The molecule has 0 aliphatic carbocycles. The van der Waals surface area contributed by atoms with Crippen molar-refractivity contribution in [1.29, 1.82) is 0 Å². The van der Waals surface area contributed by atoms with Crippen molar-refractivity contribution in [3.8, 4) is 0 Å². The van der Waals surface area contributed by atoms with Crippen LogP contribution in [0.2, 0.25) is 0 Å². The molecule has 0 N–H and O–H groups in total. The number of hydrogen-bond acceptors (Lipinski definition) is 4. The summed E-state index contributed by atoms with van der Waals surface area (Å²) in [6.45, 7) is 0. The second-order valence-corrected chi connectivity index (χ2v) is 3.14. The highest BCUT2D eigenvalue weighted by molar-refractivity contribution is 6.38. The third kappa shape index (κ3) is 3.17. The van der Waals surface area contributed by atoms with Gasteiger partial charge in [0.05, 0.1) is 19.1 Å². The summed E-state index contributed by atoms with van der Waals surface area (Å²) in [4.78, 5) is 33.2. The van der Waals surface area contributed by atoms with Crippen LogP contribution in [-0.4, -0.2) is 24.6 Å². The Balaban J connectivity index is 2.84. The lowest BCUT2D eigenvalue weighted by Gasteiger charge is -2.01. The molecule has 0 amide bonds. The van der Waals surface area contributed by atoms with Gasteiger partial charge in [0.25, 0.3) is 0 Å². The first-order valence-corrected chi connectivity index (χ1v) is 4.55. The van der Waals surface area contributed by atoms with E-state index < -0.39 is 41.2 Å². The molecule has 0 aromatic heterocycles. The van der Waals surface area contributed by atoms with Crippen molar-refractivity contribution in [2.45, 2.75) is 6.42 Å². The van der Waals surface area contributed by atoms with Gasteiger partial charge in [0, 0.05) is 6.07 Å². The smallest absolute Gasteiger partial charge is 0.374 e. The van der Waals surface area contributed by atoms with Gasteiger partial charge in [-0.2, -0.15) is 0 Å². The van der Waals surface area contributed by atoms with Crippen molar-refractivity contribution in [2.24, 2.45) is 0 Å². The second kappa shape index (κ2) is 5.29. The molecule has 1 aromatic carbocycles. The summed E-state index contributed by atoms with van der Waals surface area (Å²) in [6.07, 6.45) is -0.810. The highest BCUT2D eigenvalue weighted by atomic mass is 19.1. The molecule has 0 aliphatic rings. The van der Waals surface area contributed by atoms with E-state index in [-0.39, 0.29) is 0 Å². The van der Waals surface area contributed by atoms with Crippen LogP contribution in [0.25, 0.3) is 0 Å². The van der Waals surface area contributed by atoms with E-state index in [9.17, 15) is 23.2 Å². The molecule has 0 radical (unpaired) electrons. The van der Waals surface area contributed by atoms with Gasteiger partial charge in [-0.25, -0.2) is 13.6 Å². The molecule has 17 heavy (non-hydrogen) atoms. The minimum absolute atomic E-state index is 0.441. The van der Waals surface area contributed by atoms with Crippen LogP contribution in [0.15, 0.2) is 18.2 Å². The number of rotatable bonds is 4. The SMILES string of the molecule is COC(=O)C(=O)CC(=O)c1ccc(F)cc1F. The topological polar surface area (TPSA) is 60.4 Å². The quantitative estimate of drug-likeness (QED) is 0.345. The molecular formula is C11H8F2O4. The predicted molar refractivity (Wildman–Crippen MR) is 52.3 cm³/mol. The molecule has 0 bridgehead atoms. The summed E-state index contributed by atoms with van der Waals surface area (Å²) in [5.41, 5.74) is -0.441. The lowest BCUT2D eigenvalue weighted by molar-refractivity contribution is -0.151. The Kier molecular flexibility index (Phi) is 4.03. The molecule has 90 valence electrons. The van der Waals surface area contributed by atoms with Crippen molar-refractivity contribution >= 4 is 17.5 Å². The fourth-order valence-corrected chi connectivity index (χ4v) is 1.14. The number of carbonyl (C=O) groups excluding carboxylic acids is 3. The zero-order valence-electron chi connectivity index (χ0n) is 8.83. The molecule has 0 saturated heterocycles. The number of esters is 1. The number of benzene rings is 1. The molecule has 0 fully saturated rings. The zero-order valence-corrected chi connectivity index (χ0v) is 8.83. The number of methoxy groups -OCH3 is 1. The summed E-state index contributed by atoms with van der Waals surface area (Å²) in [5, 5.41) is 0. The molecule has 6 heteroatoms. The zero-order chi connectivity index (χ0) is 13.0. The van der Waals surface area contributed by atoms with E-state index in [1.807, 2.05) is 0 Å². The van der Waals surface area contributed by atoms with Crippen LogP contribution in [0.1, 0.15) is 16.8 Å². The monoisotopic (exact) mass is 242 g/mol. The second-order valence-electron chi connectivity index (χ2n) is 3.14. The summed E-state index contributed by atoms with van der Waals surface area (Å²) in [5.74, 6) is -5.08. The van der Waals surface area contributed by atoms with Gasteiger partial charge in [-0.1, -0.05) is 0 Å². The Morgan fingerprint density at radius 1 is 1.24 bits per heavy atom. The maximum atomic E-state index is 13.1. The van der Waals surface area contributed by atoms with Gasteiger partial charge in [-0.15, -0.1) is 0 Å². The number of Topliss-reactive ketones (excluding diaryl/α,β-unsaturated/α-hetero) is 2. The van der Waals surface area contributed by atoms with Gasteiger partial charge in [-0.05, 0) is 12.1 Å². The average Bonchev–Trinajstić information content (AvgIpc) is 2.27. The van der Waals surface area contributed by atoms with Crippen LogP contribution in [0.5, 0.6) is 0 Å². The van der Waals surface area contributed by atoms with Crippen LogP contribution < -0.4 is 0 Å². The Morgan fingerprint density at radius 3 is 2.41 bits per heavy atom. The average molecular weight is 242 g/mol. The molecule has 1 rings (SSSR count). The van der Waals surface area contributed by atoms with Crippen LogP contribution in [0.3, 0.4) is 0 Å². The minimum Gasteiger partial charge on any atom is -0.463 e. The van der Waals surface area contributed by atoms with E-state index in [0.717, 1.165) is 19.2 Å². The third-order valence-electron chi connectivity index (χ3n) is 1.97. The minimum atomic E-state index is -1.18. The third-order valence-corrected chi connectivity index (χ3v) is 1.97. The summed E-state index contributed by atoms with van der Waals surface area (Å²) in [6, 6.07) is 2.33. The van der Waals surface area contributed by atoms with E-state index in [1.165, 1.54) is 0 Å². The summed E-state index contributed by atoms with van der Waals surface area (Å²) < 4.78 is 29.8. The molecule has 0 aliphatic heterocycles. The molecule has 0 unspecified atom stereocenters. The maximum absolute atomic E-state index is 13.1. The van der Waals surface area contributed by atoms with E-state index in [4.69, 9.17) is 0 Å². The predicted octanol–water partition coefficient (Wildman–Crippen LogP) is 1.28. The fraction of sp³-hybridized carbons (Fsp3) is 0.182. The first-order valence-electron chi connectivity index (χ1n) is 4.55. The van der Waals surface area contributed by atoms with Gasteiger partial charge >= 0.3 is 5.97 Å². The Labute approximate surface area is 95.2 Å². The van der Waals surface area contributed by atoms with Gasteiger partial charge in [0.2, 0.25) is 5.78 Å². The Morgan fingerprint density at radius 2 is 1.88 bits per heavy atom. The first kappa shape index (κ1) is 13.0. The highest BCUT2D eigenvalue weighted by Gasteiger charge is 2.21. The maximum Gasteiger partial charge on any atom is 0.374 e. The molecule has 0 spiro atoms. The van der Waals surface area contributed by atoms with Crippen molar-refractivity contribution in [1.82, 2.24) is 0 Å². The Hall–Kier alpha value is -2.11. The number of ketones is 2. The van der Waals surface area contributed by atoms with Crippen molar-refractivity contribution in [3.63, 3.8) is 0 Å². The summed E-state index contributed by atoms with van der Waals surface area (Å²) in [7, 11) is 0.989. The largest absolute Gasteiger partial charge is 0.463 e. The van der Waals surface area contributed by atoms with Gasteiger partial charge in [-0.3, -0.25) is 9.59 Å². The van der Waals surface area contributed by atoms with E-state index in [2.05, 4.69) is 4.74 Å². The lowest BCUT2D eigenvalue weighted by atomic mass is 10.1. The van der Waals surface area contributed by atoms with Crippen LogP contribution >= 0.6 is 0 Å². The van der Waals surface area contributed by atoms with E-state index >= 15 is 0 Å².